The summed E-state index contributed by atoms with van der Waals surface area (Å²) in [5, 5.41) is 16.6. The van der Waals surface area contributed by atoms with Gasteiger partial charge in [-0.15, -0.1) is 12.4 Å². The van der Waals surface area contributed by atoms with Crippen molar-refractivity contribution in [1.29, 1.82) is 0 Å². The molecule has 0 saturated heterocycles. The summed E-state index contributed by atoms with van der Waals surface area (Å²) in [6.07, 6.45) is 1.63. The molecule has 3 aromatic carbocycles. The minimum absolute atomic E-state index is 0. The molecule has 6 nitrogen and oxygen atoms in total. The zero-order chi connectivity index (χ0) is 20.8. The highest BCUT2D eigenvalue weighted by Gasteiger charge is 2.09. The Labute approximate surface area is 187 Å². The van der Waals surface area contributed by atoms with E-state index in [4.69, 9.17) is 14.8 Å². The van der Waals surface area contributed by atoms with Gasteiger partial charge in [0.15, 0.2) is 0 Å². The second kappa shape index (κ2) is 10.6. The van der Waals surface area contributed by atoms with Crippen LogP contribution in [0, 0.1) is 0 Å². The SMILES string of the molecule is COc1ccc(Nc2nc(Nc3ccc(CCCO)cc3)nc3ccccc23)cc1.Cl. The molecule has 31 heavy (non-hydrogen) atoms. The number of para-hydroxylation sites is 1. The highest BCUT2D eigenvalue weighted by atomic mass is 35.5. The van der Waals surface area contributed by atoms with E-state index in [1.54, 1.807) is 7.11 Å². The lowest BCUT2D eigenvalue weighted by Crippen LogP contribution is -2.02. The fraction of sp³-hybridized carbons (Fsp3) is 0.167. The number of benzene rings is 3. The first-order chi connectivity index (χ1) is 14.7. The largest absolute Gasteiger partial charge is 0.497 e. The molecule has 7 heteroatoms. The predicted molar refractivity (Wildman–Crippen MR) is 128 cm³/mol. The smallest absolute Gasteiger partial charge is 0.229 e. The van der Waals surface area contributed by atoms with E-state index in [0.29, 0.717) is 5.95 Å². The third-order valence-corrected chi connectivity index (χ3v) is 4.79. The van der Waals surface area contributed by atoms with Gasteiger partial charge in [-0.25, -0.2) is 4.98 Å². The minimum atomic E-state index is 0. The van der Waals surface area contributed by atoms with Crippen molar-refractivity contribution in [1.82, 2.24) is 9.97 Å². The van der Waals surface area contributed by atoms with Crippen molar-refractivity contribution in [3.8, 4) is 5.75 Å². The highest BCUT2D eigenvalue weighted by Crippen LogP contribution is 2.27. The maximum atomic E-state index is 8.98. The quantitative estimate of drug-likeness (QED) is 0.340. The number of anilines is 4. The van der Waals surface area contributed by atoms with Gasteiger partial charge < -0.3 is 20.5 Å². The van der Waals surface area contributed by atoms with Crippen LogP contribution in [0.2, 0.25) is 0 Å². The summed E-state index contributed by atoms with van der Waals surface area (Å²) < 4.78 is 5.23. The third kappa shape index (κ3) is 5.63. The maximum absolute atomic E-state index is 8.98. The summed E-state index contributed by atoms with van der Waals surface area (Å²) in [4.78, 5) is 9.37. The molecule has 3 N–H and O–H groups in total. The van der Waals surface area contributed by atoms with Crippen LogP contribution in [0.15, 0.2) is 72.8 Å². The van der Waals surface area contributed by atoms with Crippen LogP contribution in [-0.4, -0.2) is 28.8 Å². The van der Waals surface area contributed by atoms with Crippen LogP contribution in [0.5, 0.6) is 5.75 Å². The summed E-state index contributed by atoms with van der Waals surface area (Å²) in [6, 6.07) is 23.7. The van der Waals surface area contributed by atoms with Crippen molar-refractivity contribution in [3.63, 3.8) is 0 Å². The molecule has 0 spiro atoms. The van der Waals surface area contributed by atoms with Crippen LogP contribution in [0.4, 0.5) is 23.1 Å². The molecule has 1 heterocycles. The third-order valence-electron chi connectivity index (χ3n) is 4.79. The molecule has 0 saturated carbocycles. The Morgan fingerprint density at radius 2 is 1.52 bits per heavy atom. The summed E-state index contributed by atoms with van der Waals surface area (Å²) in [5.74, 6) is 2.05. The van der Waals surface area contributed by atoms with Crippen molar-refractivity contribution < 1.29 is 9.84 Å². The standard InChI is InChI=1S/C24H24N4O2.ClH/c1-30-20-14-12-18(13-15-20)25-23-21-6-2-3-7-22(21)27-24(28-23)26-19-10-8-17(9-11-19)5-4-16-29;/h2-3,6-15,29H,4-5,16H2,1H3,(H2,25,26,27,28);1H. The van der Waals surface area contributed by atoms with Crippen molar-refractivity contribution >= 4 is 46.5 Å². The normalized spacial score (nSPS) is 10.4. The second-order valence-electron chi connectivity index (χ2n) is 6.92. The van der Waals surface area contributed by atoms with Crippen molar-refractivity contribution in [2.75, 3.05) is 24.4 Å². The van der Waals surface area contributed by atoms with Crippen LogP contribution >= 0.6 is 12.4 Å². The molecule has 0 radical (unpaired) electrons. The molecule has 0 bridgehead atoms. The molecule has 4 rings (SSSR count). The molecule has 0 aliphatic rings. The van der Waals surface area contributed by atoms with Crippen molar-refractivity contribution in [2.45, 2.75) is 12.8 Å². The molecular weight excluding hydrogens is 412 g/mol. The van der Waals surface area contributed by atoms with Gasteiger partial charge >= 0.3 is 0 Å². The zero-order valence-electron chi connectivity index (χ0n) is 17.2. The van der Waals surface area contributed by atoms with E-state index in [-0.39, 0.29) is 19.0 Å². The average Bonchev–Trinajstić information content (AvgIpc) is 2.79. The van der Waals surface area contributed by atoms with Gasteiger partial charge in [-0.05, 0) is 66.9 Å². The van der Waals surface area contributed by atoms with Gasteiger partial charge in [0.2, 0.25) is 5.95 Å². The lowest BCUT2D eigenvalue weighted by molar-refractivity contribution is 0.288. The molecule has 160 valence electrons. The summed E-state index contributed by atoms with van der Waals surface area (Å²) >= 11 is 0. The maximum Gasteiger partial charge on any atom is 0.229 e. The van der Waals surface area contributed by atoms with E-state index in [1.165, 1.54) is 5.56 Å². The molecule has 0 atom stereocenters. The average molecular weight is 437 g/mol. The Morgan fingerprint density at radius 3 is 2.23 bits per heavy atom. The molecule has 4 aromatic rings. The summed E-state index contributed by atoms with van der Waals surface area (Å²) in [6.45, 7) is 0.203. The number of rotatable bonds is 8. The van der Waals surface area contributed by atoms with Crippen LogP contribution in [-0.2, 0) is 6.42 Å². The molecule has 1 aromatic heterocycles. The van der Waals surface area contributed by atoms with Crippen molar-refractivity contribution in [3.05, 3.63) is 78.4 Å². The number of aliphatic hydroxyl groups excluding tert-OH is 1. The first-order valence-electron chi connectivity index (χ1n) is 9.90. The van der Waals surface area contributed by atoms with Crippen LogP contribution in [0.1, 0.15) is 12.0 Å². The fourth-order valence-corrected chi connectivity index (χ4v) is 3.21. The van der Waals surface area contributed by atoms with Gasteiger partial charge in [-0.2, -0.15) is 4.98 Å². The van der Waals surface area contributed by atoms with E-state index < -0.39 is 0 Å². The highest BCUT2D eigenvalue weighted by molar-refractivity contribution is 5.92. The number of aryl methyl sites for hydroxylation is 1. The Bertz CT molecular complexity index is 1120. The van der Waals surface area contributed by atoms with E-state index >= 15 is 0 Å². The number of ether oxygens (including phenoxy) is 1. The van der Waals surface area contributed by atoms with E-state index in [9.17, 15) is 0 Å². The zero-order valence-corrected chi connectivity index (χ0v) is 18.0. The number of aliphatic hydroxyl groups is 1. The van der Waals surface area contributed by atoms with Gasteiger partial charge in [0.05, 0.1) is 12.6 Å². The predicted octanol–water partition coefficient (Wildman–Crippen LogP) is 5.47. The Kier molecular flexibility index (Phi) is 7.65. The summed E-state index contributed by atoms with van der Waals surface area (Å²) in [7, 11) is 1.65. The number of methoxy groups -OCH3 is 1. The monoisotopic (exact) mass is 436 g/mol. The van der Waals surface area contributed by atoms with Crippen LogP contribution < -0.4 is 15.4 Å². The van der Waals surface area contributed by atoms with Gasteiger partial charge in [-0.1, -0.05) is 24.3 Å². The van der Waals surface area contributed by atoms with E-state index in [1.807, 2.05) is 60.7 Å². The number of hydrogen-bond donors (Lipinski definition) is 3. The Balaban J connectivity index is 0.00000272. The van der Waals surface area contributed by atoms with Gasteiger partial charge in [-0.3, -0.25) is 0 Å². The first kappa shape index (κ1) is 22.3. The Morgan fingerprint density at radius 1 is 0.839 bits per heavy atom. The molecule has 0 fully saturated rings. The lowest BCUT2D eigenvalue weighted by atomic mass is 10.1. The molecular formula is C24H25ClN4O2. The number of fused-ring (bicyclic) bond motifs is 1. The molecule has 0 amide bonds. The summed E-state index contributed by atoms with van der Waals surface area (Å²) in [5.41, 5.74) is 3.87. The van der Waals surface area contributed by atoms with Crippen molar-refractivity contribution in [2.24, 2.45) is 0 Å². The number of aromatic nitrogens is 2. The Hall–Kier alpha value is -3.35. The fourth-order valence-electron chi connectivity index (χ4n) is 3.21. The number of nitrogens with zero attached hydrogens (tertiary/aromatic N) is 2. The first-order valence-corrected chi connectivity index (χ1v) is 9.90. The van der Waals surface area contributed by atoms with Gasteiger partial charge in [0, 0.05) is 23.4 Å². The van der Waals surface area contributed by atoms with Crippen LogP contribution in [0.25, 0.3) is 10.9 Å². The number of nitrogens with one attached hydrogen (secondary N) is 2. The molecule has 0 unspecified atom stereocenters. The molecule has 0 aliphatic heterocycles. The molecule has 0 aliphatic carbocycles. The minimum Gasteiger partial charge on any atom is -0.497 e. The second-order valence-corrected chi connectivity index (χ2v) is 6.92. The number of halogens is 1. The number of hydrogen-bond acceptors (Lipinski definition) is 6. The van der Waals surface area contributed by atoms with Gasteiger partial charge in [0.25, 0.3) is 0 Å². The van der Waals surface area contributed by atoms with E-state index in [2.05, 4.69) is 27.8 Å². The van der Waals surface area contributed by atoms with Crippen LogP contribution in [0.3, 0.4) is 0 Å². The van der Waals surface area contributed by atoms with Gasteiger partial charge in [0.1, 0.15) is 11.6 Å². The topological polar surface area (TPSA) is 79.3 Å². The van der Waals surface area contributed by atoms with E-state index in [0.717, 1.165) is 46.7 Å². The lowest BCUT2D eigenvalue weighted by Gasteiger charge is -2.12.